The minimum Gasteiger partial charge on any atom is -0.480 e. The van der Waals surface area contributed by atoms with Gasteiger partial charge in [-0.3, -0.25) is 4.79 Å². The summed E-state index contributed by atoms with van der Waals surface area (Å²) in [6.45, 7) is 4.07. The first-order chi connectivity index (χ1) is 8.01. The lowest BCUT2D eigenvalue weighted by atomic mass is 10.1. The molecule has 0 heterocycles. The van der Waals surface area contributed by atoms with Crippen LogP contribution in [0.5, 0.6) is 0 Å². The van der Waals surface area contributed by atoms with Gasteiger partial charge in [-0.15, -0.1) is 0 Å². The van der Waals surface area contributed by atoms with Crippen molar-refractivity contribution in [1.29, 1.82) is 0 Å². The first-order valence-corrected chi connectivity index (χ1v) is 5.73. The Morgan fingerprint density at radius 3 is 2.47 bits per heavy atom. The molecule has 100 valence electrons. The summed E-state index contributed by atoms with van der Waals surface area (Å²) in [5.74, 6) is -1.39. The Morgan fingerprint density at radius 1 is 1.41 bits per heavy atom. The largest absolute Gasteiger partial charge is 0.480 e. The lowest BCUT2D eigenvalue weighted by molar-refractivity contribution is -0.141. The van der Waals surface area contributed by atoms with E-state index in [0.717, 1.165) is 12.8 Å². The van der Waals surface area contributed by atoms with Crippen LogP contribution >= 0.6 is 0 Å². The summed E-state index contributed by atoms with van der Waals surface area (Å²) in [6.07, 6.45) is 1.89. The van der Waals surface area contributed by atoms with Gasteiger partial charge in [-0.1, -0.05) is 13.3 Å². The van der Waals surface area contributed by atoms with Gasteiger partial charge in [0.2, 0.25) is 5.91 Å². The van der Waals surface area contributed by atoms with Crippen molar-refractivity contribution in [3.8, 4) is 0 Å². The molecule has 0 aliphatic rings. The third-order valence-electron chi connectivity index (χ3n) is 2.29. The predicted molar refractivity (Wildman–Crippen MR) is 63.8 cm³/mol. The number of aliphatic carboxylic acids is 1. The van der Waals surface area contributed by atoms with Crippen LogP contribution in [0.2, 0.25) is 0 Å². The molecule has 0 aromatic heterocycles. The normalized spacial score (nSPS) is 14.1. The third kappa shape index (κ3) is 7.70. The zero-order valence-electron chi connectivity index (χ0n) is 10.7. The second-order valence-corrected chi connectivity index (χ2v) is 3.94. The molecule has 2 atom stereocenters. The molecule has 17 heavy (non-hydrogen) atoms. The quantitative estimate of drug-likeness (QED) is 0.532. The number of carbonyl (C=O) groups is 2. The summed E-state index contributed by atoms with van der Waals surface area (Å²) in [7, 11) is 1.60. The van der Waals surface area contributed by atoms with E-state index >= 15 is 0 Å². The number of nitrogens with one attached hydrogen (secondary N) is 2. The summed E-state index contributed by atoms with van der Waals surface area (Å²) in [5.41, 5.74) is 0. The van der Waals surface area contributed by atoms with Gasteiger partial charge in [-0.25, -0.2) is 4.79 Å². The molecule has 0 aromatic carbocycles. The number of carboxylic acids is 1. The maximum Gasteiger partial charge on any atom is 0.327 e. The van der Waals surface area contributed by atoms with E-state index in [2.05, 4.69) is 10.6 Å². The van der Waals surface area contributed by atoms with Crippen LogP contribution in [0.3, 0.4) is 0 Å². The summed E-state index contributed by atoms with van der Waals surface area (Å²) in [5, 5.41) is 14.4. The van der Waals surface area contributed by atoms with Crippen LogP contribution in [0.25, 0.3) is 0 Å². The van der Waals surface area contributed by atoms with Crippen molar-refractivity contribution in [2.45, 2.75) is 38.8 Å². The van der Waals surface area contributed by atoms with E-state index in [-0.39, 0.29) is 18.5 Å². The van der Waals surface area contributed by atoms with E-state index < -0.39 is 12.0 Å². The molecule has 6 nitrogen and oxygen atoms in total. The molecular formula is C11H22N2O4. The Kier molecular flexibility index (Phi) is 8.35. The summed E-state index contributed by atoms with van der Waals surface area (Å²) < 4.78 is 5.03. The van der Waals surface area contributed by atoms with Crippen LogP contribution in [-0.4, -0.2) is 49.3 Å². The van der Waals surface area contributed by atoms with E-state index in [0.29, 0.717) is 6.61 Å². The highest BCUT2D eigenvalue weighted by Gasteiger charge is 2.19. The second-order valence-electron chi connectivity index (χ2n) is 3.94. The SMILES string of the molecule is CCCC(COC)NCC(NC(C)=O)C(=O)O. The molecule has 0 bridgehead atoms. The number of amides is 1. The first kappa shape index (κ1) is 15.9. The molecule has 0 spiro atoms. The number of ether oxygens (including phenoxy) is 1. The molecule has 0 saturated carbocycles. The highest BCUT2D eigenvalue weighted by molar-refractivity contribution is 5.82. The first-order valence-electron chi connectivity index (χ1n) is 5.73. The second kappa shape index (κ2) is 8.95. The fraction of sp³-hybridized carbons (Fsp3) is 0.818. The van der Waals surface area contributed by atoms with Crippen LogP contribution in [0.15, 0.2) is 0 Å². The molecule has 0 aliphatic carbocycles. The molecule has 2 unspecified atom stereocenters. The van der Waals surface area contributed by atoms with Gasteiger partial charge < -0.3 is 20.5 Å². The molecule has 0 saturated heterocycles. The zero-order chi connectivity index (χ0) is 13.3. The van der Waals surface area contributed by atoms with Gasteiger partial charge >= 0.3 is 5.97 Å². The third-order valence-corrected chi connectivity index (χ3v) is 2.29. The zero-order valence-corrected chi connectivity index (χ0v) is 10.7. The molecule has 0 radical (unpaired) electrons. The van der Waals surface area contributed by atoms with Crippen molar-refractivity contribution >= 4 is 11.9 Å². The van der Waals surface area contributed by atoms with Crippen LogP contribution in [0, 0.1) is 0 Å². The molecule has 0 aliphatic heterocycles. The fourth-order valence-corrected chi connectivity index (χ4v) is 1.52. The fourth-order valence-electron chi connectivity index (χ4n) is 1.52. The highest BCUT2D eigenvalue weighted by Crippen LogP contribution is 1.97. The van der Waals surface area contributed by atoms with Gasteiger partial charge in [0.25, 0.3) is 0 Å². The maximum atomic E-state index is 10.9. The molecule has 0 aromatic rings. The Labute approximate surface area is 102 Å². The molecule has 3 N–H and O–H groups in total. The molecular weight excluding hydrogens is 224 g/mol. The standard InChI is InChI=1S/C11H22N2O4/c1-4-5-9(7-17-3)12-6-10(11(15)16)13-8(2)14/h9-10,12H,4-7H2,1-3H3,(H,13,14)(H,15,16). The molecule has 6 heteroatoms. The topological polar surface area (TPSA) is 87.7 Å². The van der Waals surface area contributed by atoms with Crippen molar-refractivity contribution < 1.29 is 19.4 Å². The van der Waals surface area contributed by atoms with Crippen LogP contribution in [0.4, 0.5) is 0 Å². The van der Waals surface area contributed by atoms with Crippen molar-refractivity contribution in [1.82, 2.24) is 10.6 Å². The van der Waals surface area contributed by atoms with Gasteiger partial charge in [0.15, 0.2) is 0 Å². The van der Waals surface area contributed by atoms with Crippen molar-refractivity contribution in [2.75, 3.05) is 20.3 Å². The lowest BCUT2D eigenvalue weighted by Gasteiger charge is -2.20. The Hall–Kier alpha value is -1.14. The lowest BCUT2D eigenvalue weighted by Crippen LogP contribution is -2.49. The minimum atomic E-state index is -1.04. The van der Waals surface area contributed by atoms with Crippen molar-refractivity contribution in [3.05, 3.63) is 0 Å². The average Bonchev–Trinajstić information content (AvgIpc) is 2.23. The van der Waals surface area contributed by atoms with Gasteiger partial charge in [-0.2, -0.15) is 0 Å². The van der Waals surface area contributed by atoms with E-state index in [1.807, 2.05) is 6.92 Å². The minimum absolute atomic E-state index is 0.112. The van der Waals surface area contributed by atoms with Gasteiger partial charge in [-0.05, 0) is 6.42 Å². The van der Waals surface area contributed by atoms with Crippen LogP contribution in [0.1, 0.15) is 26.7 Å². The number of carboxylic acid groups (broad SMARTS) is 1. The maximum absolute atomic E-state index is 10.9. The van der Waals surface area contributed by atoms with E-state index in [1.165, 1.54) is 6.92 Å². The summed E-state index contributed by atoms with van der Waals surface area (Å²) in [4.78, 5) is 21.7. The predicted octanol–water partition coefficient (Wildman–Crippen LogP) is -0.0196. The Bertz CT molecular complexity index is 240. The monoisotopic (exact) mass is 246 g/mol. The summed E-state index contributed by atoms with van der Waals surface area (Å²) >= 11 is 0. The summed E-state index contributed by atoms with van der Waals surface area (Å²) in [6, 6.07) is -0.788. The van der Waals surface area contributed by atoms with Gasteiger partial charge in [0.1, 0.15) is 6.04 Å². The number of hydrogen-bond acceptors (Lipinski definition) is 4. The number of hydrogen-bond donors (Lipinski definition) is 3. The van der Waals surface area contributed by atoms with Crippen molar-refractivity contribution in [2.24, 2.45) is 0 Å². The van der Waals surface area contributed by atoms with E-state index in [4.69, 9.17) is 9.84 Å². The van der Waals surface area contributed by atoms with Crippen LogP contribution in [-0.2, 0) is 14.3 Å². The Balaban J connectivity index is 4.15. The number of carbonyl (C=O) groups excluding carboxylic acids is 1. The van der Waals surface area contributed by atoms with Crippen molar-refractivity contribution in [3.63, 3.8) is 0 Å². The number of methoxy groups -OCH3 is 1. The van der Waals surface area contributed by atoms with Gasteiger partial charge in [0, 0.05) is 26.6 Å². The Morgan fingerprint density at radius 2 is 2.06 bits per heavy atom. The number of rotatable bonds is 9. The highest BCUT2D eigenvalue weighted by atomic mass is 16.5. The van der Waals surface area contributed by atoms with Crippen LogP contribution < -0.4 is 10.6 Å². The average molecular weight is 246 g/mol. The van der Waals surface area contributed by atoms with Gasteiger partial charge in [0.05, 0.1) is 6.61 Å². The van der Waals surface area contributed by atoms with E-state index in [1.54, 1.807) is 7.11 Å². The molecule has 0 fully saturated rings. The smallest absolute Gasteiger partial charge is 0.327 e. The van der Waals surface area contributed by atoms with E-state index in [9.17, 15) is 9.59 Å². The molecule has 1 amide bonds. The molecule has 0 rings (SSSR count).